The van der Waals surface area contributed by atoms with Crippen LogP contribution < -0.4 is 15.5 Å². The van der Waals surface area contributed by atoms with Crippen molar-refractivity contribution in [3.63, 3.8) is 0 Å². The lowest BCUT2D eigenvalue weighted by molar-refractivity contribution is -0.137. The summed E-state index contributed by atoms with van der Waals surface area (Å²) in [6.07, 6.45) is 1.18. The Labute approximate surface area is 213 Å². The number of rotatable bonds is 4. The number of anilines is 3. The van der Waals surface area contributed by atoms with Crippen LogP contribution in [0.25, 0.3) is 11.1 Å². The Morgan fingerprint density at radius 3 is 2.38 bits per heavy atom. The molecule has 3 aromatic carbocycles. The second-order valence-electron chi connectivity index (χ2n) is 9.11. The Balaban J connectivity index is 1.78. The SMILES string of the molecule is C#Cc1ccc(N[C@@H]2C[C@H](C)N(C(C)=O)c3ccc(-c4cccc(NC(C)=O)c4)cc32)cc1C(F)(F)F. The molecule has 5 nitrogen and oxygen atoms in total. The van der Waals surface area contributed by atoms with Gasteiger partial charge in [0, 0.05) is 42.5 Å². The number of amides is 2. The smallest absolute Gasteiger partial charge is 0.378 e. The highest BCUT2D eigenvalue weighted by Gasteiger charge is 2.35. The molecular weight excluding hydrogens is 479 g/mol. The number of halogens is 3. The first-order valence-electron chi connectivity index (χ1n) is 11.7. The summed E-state index contributed by atoms with van der Waals surface area (Å²) in [5.41, 5.74) is 2.99. The Morgan fingerprint density at radius 2 is 1.73 bits per heavy atom. The molecule has 0 saturated heterocycles. The summed E-state index contributed by atoms with van der Waals surface area (Å²) in [5.74, 6) is 1.79. The summed E-state index contributed by atoms with van der Waals surface area (Å²) in [5, 5.41) is 6.01. The van der Waals surface area contributed by atoms with Crippen LogP contribution >= 0.6 is 0 Å². The van der Waals surface area contributed by atoms with E-state index in [0.717, 1.165) is 22.8 Å². The van der Waals surface area contributed by atoms with Crippen LogP contribution in [0.2, 0.25) is 0 Å². The van der Waals surface area contributed by atoms with E-state index in [1.807, 2.05) is 43.3 Å². The average Bonchev–Trinajstić information content (AvgIpc) is 2.82. The van der Waals surface area contributed by atoms with E-state index in [-0.39, 0.29) is 35.1 Å². The molecule has 0 radical (unpaired) electrons. The van der Waals surface area contributed by atoms with Crippen LogP contribution in [-0.2, 0) is 15.8 Å². The van der Waals surface area contributed by atoms with E-state index in [0.29, 0.717) is 17.8 Å². The fourth-order valence-electron chi connectivity index (χ4n) is 4.84. The maximum Gasteiger partial charge on any atom is 0.417 e. The predicted molar refractivity (Wildman–Crippen MR) is 139 cm³/mol. The van der Waals surface area contributed by atoms with Gasteiger partial charge in [-0.1, -0.05) is 24.1 Å². The topological polar surface area (TPSA) is 61.4 Å². The number of nitrogens with one attached hydrogen (secondary N) is 2. The molecule has 1 aliphatic heterocycles. The largest absolute Gasteiger partial charge is 0.417 e. The number of carbonyl (C=O) groups is 2. The number of terminal acetylenes is 1. The number of fused-ring (bicyclic) bond motifs is 1. The summed E-state index contributed by atoms with van der Waals surface area (Å²) >= 11 is 0. The molecule has 1 heterocycles. The molecule has 0 aromatic heterocycles. The molecule has 0 saturated carbocycles. The zero-order chi connectivity index (χ0) is 26.9. The van der Waals surface area contributed by atoms with Crippen molar-refractivity contribution in [1.29, 1.82) is 0 Å². The normalized spacial score (nSPS) is 16.9. The number of alkyl halides is 3. The second kappa shape index (κ2) is 10.0. The van der Waals surface area contributed by atoms with Crippen molar-refractivity contribution >= 4 is 28.9 Å². The van der Waals surface area contributed by atoms with Crippen molar-refractivity contribution in [2.24, 2.45) is 0 Å². The Morgan fingerprint density at radius 1 is 1.00 bits per heavy atom. The number of hydrogen-bond acceptors (Lipinski definition) is 3. The van der Waals surface area contributed by atoms with Crippen molar-refractivity contribution in [1.82, 2.24) is 0 Å². The van der Waals surface area contributed by atoms with Gasteiger partial charge in [-0.2, -0.15) is 13.2 Å². The van der Waals surface area contributed by atoms with Crippen LogP contribution in [0, 0.1) is 12.3 Å². The van der Waals surface area contributed by atoms with Gasteiger partial charge in [-0.15, -0.1) is 6.42 Å². The molecular formula is C29H26F3N3O2. The van der Waals surface area contributed by atoms with Crippen molar-refractivity contribution in [3.8, 4) is 23.5 Å². The van der Waals surface area contributed by atoms with Crippen LogP contribution in [0.4, 0.5) is 30.2 Å². The third-order valence-corrected chi connectivity index (χ3v) is 6.36. The van der Waals surface area contributed by atoms with E-state index in [1.165, 1.54) is 26.0 Å². The fraction of sp³-hybridized carbons (Fsp3) is 0.241. The highest BCUT2D eigenvalue weighted by atomic mass is 19.4. The van der Waals surface area contributed by atoms with E-state index < -0.39 is 11.7 Å². The summed E-state index contributed by atoms with van der Waals surface area (Å²) in [6.45, 7) is 4.83. The van der Waals surface area contributed by atoms with Crippen LogP contribution in [0.5, 0.6) is 0 Å². The van der Waals surface area contributed by atoms with Gasteiger partial charge in [0.25, 0.3) is 0 Å². The zero-order valence-electron chi connectivity index (χ0n) is 20.6. The van der Waals surface area contributed by atoms with E-state index in [4.69, 9.17) is 6.42 Å². The standard InChI is InChI=1S/C29H26F3N3O2/c1-5-20-9-11-24(16-26(20)29(30,31)32)34-27-13-17(2)35(19(4)37)28-12-10-22(15-25(27)28)21-7-6-8-23(14-21)33-18(3)36/h1,6-12,14-17,27,34H,13H2,2-4H3,(H,33,36)/t17-,27+/m0/s1. The molecule has 190 valence electrons. The maximum atomic E-state index is 13.6. The van der Waals surface area contributed by atoms with Gasteiger partial charge in [-0.3, -0.25) is 9.59 Å². The molecule has 0 spiro atoms. The van der Waals surface area contributed by atoms with Crippen LogP contribution in [0.1, 0.15) is 49.9 Å². The molecule has 37 heavy (non-hydrogen) atoms. The first-order valence-corrected chi connectivity index (χ1v) is 11.7. The minimum absolute atomic E-state index is 0.120. The second-order valence-corrected chi connectivity index (χ2v) is 9.11. The first-order chi connectivity index (χ1) is 17.5. The molecule has 0 aliphatic carbocycles. The summed E-state index contributed by atoms with van der Waals surface area (Å²) in [6, 6.07) is 16.3. The Kier molecular flexibility index (Phi) is 6.99. The van der Waals surface area contributed by atoms with Gasteiger partial charge in [0.1, 0.15) is 0 Å². The van der Waals surface area contributed by atoms with Gasteiger partial charge >= 0.3 is 6.18 Å². The van der Waals surface area contributed by atoms with E-state index in [1.54, 1.807) is 11.0 Å². The molecule has 8 heteroatoms. The van der Waals surface area contributed by atoms with Gasteiger partial charge in [0.2, 0.25) is 11.8 Å². The summed E-state index contributed by atoms with van der Waals surface area (Å²) in [4.78, 5) is 25.7. The molecule has 2 amide bonds. The van der Waals surface area contributed by atoms with Gasteiger partial charge < -0.3 is 15.5 Å². The van der Waals surface area contributed by atoms with Crippen molar-refractivity contribution < 1.29 is 22.8 Å². The van der Waals surface area contributed by atoms with E-state index in [2.05, 4.69) is 16.6 Å². The van der Waals surface area contributed by atoms with Crippen molar-refractivity contribution in [2.45, 2.75) is 45.5 Å². The predicted octanol–water partition coefficient (Wildman–Crippen LogP) is 6.61. The monoisotopic (exact) mass is 505 g/mol. The number of hydrogen-bond donors (Lipinski definition) is 2. The van der Waals surface area contributed by atoms with Crippen LogP contribution in [0.3, 0.4) is 0 Å². The highest BCUT2D eigenvalue weighted by Crippen LogP contribution is 2.42. The van der Waals surface area contributed by atoms with Gasteiger partial charge in [0.15, 0.2) is 0 Å². The van der Waals surface area contributed by atoms with Crippen LogP contribution in [0.15, 0.2) is 60.7 Å². The van der Waals surface area contributed by atoms with Gasteiger partial charge in [-0.25, -0.2) is 0 Å². The number of carbonyl (C=O) groups excluding carboxylic acids is 2. The lowest BCUT2D eigenvalue weighted by Gasteiger charge is -2.40. The number of benzene rings is 3. The molecule has 3 aromatic rings. The van der Waals surface area contributed by atoms with Crippen molar-refractivity contribution in [3.05, 3.63) is 77.4 Å². The maximum absolute atomic E-state index is 13.6. The first kappa shape index (κ1) is 25.8. The Bertz CT molecular complexity index is 1410. The molecule has 0 unspecified atom stereocenters. The lowest BCUT2D eigenvalue weighted by Crippen LogP contribution is -2.43. The highest BCUT2D eigenvalue weighted by molar-refractivity contribution is 5.94. The molecule has 4 rings (SSSR count). The van der Waals surface area contributed by atoms with E-state index in [9.17, 15) is 22.8 Å². The molecule has 2 N–H and O–H groups in total. The Hall–Kier alpha value is -4.25. The quantitative estimate of drug-likeness (QED) is 0.392. The molecule has 0 bridgehead atoms. The molecule has 0 fully saturated rings. The van der Waals surface area contributed by atoms with Gasteiger partial charge in [0.05, 0.1) is 11.6 Å². The third-order valence-electron chi connectivity index (χ3n) is 6.36. The average molecular weight is 506 g/mol. The zero-order valence-corrected chi connectivity index (χ0v) is 20.6. The minimum atomic E-state index is -4.59. The third kappa shape index (κ3) is 5.46. The van der Waals surface area contributed by atoms with Crippen LogP contribution in [-0.4, -0.2) is 17.9 Å². The molecule has 2 atom stereocenters. The number of nitrogens with zero attached hydrogens (tertiary/aromatic N) is 1. The minimum Gasteiger partial charge on any atom is -0.378 e. The summed E-state index contributed by atoms with van der Waals surface area (Å²) < 4.78 is 40.8. The van der Waals surface area contributed by atoms with Gasteiger partial charge in [-0.05, 0) is 72.5 Å². The fourth-order valence-corrected chi connectivity index (χ4v) is 4.84. The lowest BCUT2D eigenvalue weighted by atomic mass is 9.88. The molecule has 1 aliphatic rings. The van der Waals surface area contributed by atoms with E-state index >= 15 is 0 Å². The van der Waals surface area contributed by atoms with Crippen molar-refractivity contribution in [2.75, 3.05) is 15.5 Å². The summed E-state index contributed by atoms with van der Waals surface area (Å²) in [7, 11) is 0.